The number of nitrogens with one attached hydrogen (secondary N) is 1. The Labute approximate surface area is 196 Å². The molecule has 0 radical (unpaired) electrons. The number of imidazole rings is 1. The van der Waals surface area contributed by atoms with E-state index in [4.69, 9.17) is 9.47 Å². The van der Waals surface area contributed by atoms with Crippen LogP contribution < -0.4 is 0 Å². The first-order chi connectivity index (χ1) is 16.2. The summed E-state index contributed by atoms with van der Waals surface area (Å²) in [6, 6.07) is 3.95. The second-order valence-electron chi connectivity index (χ2n) is 9.27. The first-order valence-electron chi connectivity index (χ1n) is 12.3. The molecule has 1 atom stereocenters. The molecule has 0 saturated carbocycles. The van der Waals surface area contributed by atoms with E-state index in [1.165, 1.54) is 0 Å². The van der Waals surface area contributed by atoms with Crippen molar-refractivity contribution in [2.24, 2.45) is 5.92 Å². The maximum atomic E-state index is 13.2. The molecular formula is C25H37N5O3. The van der Waals surface area contributed by atoms with E-state index in [1.54, 1.807) is 12.4 Å². The number of aromatic amines is 1. The maximum Gasteiger partial charge on any atom is 0.236 e. The third-order valence-corrected chi connectivity index (χ3v) is 6.49. The van der Waals surface area contributed by atoms with Gasteiger partial charge in [-0.15, -0.1) is 0 Å². The average molecular weight is 456 g/mol. The number of aryl methyl sites for hydroxylation is 1. The second kappa shape index (κ2) is 12.3. The lowest BCUT2D eigenvalue weighted by molar-refractivity contribution is -0.133. The Balaban J connectivity index is 1.41. The fourth-order valence-electron chi connectivity index (χ4n) is 4.58. The Morgan fingerprint density at radius 1 is 1.21 bits per heavy atom. The third-order valence-electron chi connectivity index (χ3n) is 6.49. The van der Waals surface area contributed by atoms with E-state index in [9.17, 15) is 4.79 Å². The number of aromatic nitrogens is 3. The molecule has 0 unspecified atom stereocenters. The highest BCUT2D eigenvalue weighted by Gasteiger charge is 2.30. The molecule has 1 amide bonds. The van der Waals surface area contributed by atoms with Crippen molar-refractivity contribution in [2.75, 3.05) is 39.4 Å². The van der Waals surface area contributed by atoms with Crippen molar-refractivity contribution in [3.05, 3.63) is 47.8 Å². The number of hydrogen-bond acceptors (Lipinski definition) is 6. The molecule has 0 aliphatic carbocycles. The normalized spacial score (nSPS) is 20.8. The zero-order chi connectivity index (χ0) is 22.9. The number of H-pyrrole nitrogens is 1. The molecule has 33 heavy (non-hydrogen) atoms. The number of pyridine rings is 1. The number of ether oxygens (including phenoxy) is 2. The molecule has 0 aromatic carbocycles. The van der Waals surface area contributed by atoms with E-state index >= 15 is 0 Å². The summed E-state index contributed by atoms with van der Waals surface area (Å²) in [7, 11) is 0. The van der Waals surface area contributed by atoms with Gasteiger partial charge in [-0.05, 0) is 42.9 Å². The van der Waals surface area contributed by atoms with Crippen molar-refractivity contribution in [1.82, 2.24) is 24.8 Å². The molecule has 0 spiro atoms. The van der Waals surface area contributed by atoms with Crippen molar-refractivity contribution in [1.29, 1.82) is 0 Å². The molecule has 0 bridgehead atoms. The van der Waals surface area contributed by atoms with Gasteiger partial charge in [0.15, 0.2) is 0 Å². The van der Waals surface area contributed by atoms with E-state index in [1.807, 2.05) is 23.2 Å². The van der Waals surface area contributed by atoms with Crippen LogP contribution in [0.15, 0.2) is 30.7 Å². The fourth-order valence-corrected chi connectivity index (χ4v) is 4.58. The molecule has 2 aromatic rings. The van der Waals surface area contributed by atoms with Crippen LogP contribution in [0.2, 0.25) is 0 Å². The molecule has 2 fully saturated rings. The number of carbonyl (C=O) groups excluding carboxylic acids is 1. The number of carbonyl (C=O) groups is 1. The molecule has 2 aromatic heterocycles. The highest BCUT2D eigenvalue weighted by Crippen LogP contribution is 2.19. The van der Waals surface area contributed by atoms with Crippen LogP contribution in [0.5, 0.6) is 0 Å². The Bertz CT molecular complexity index is 853. The minimum Gasteiger partial charge on any atom is -0.381 e. The van der Waals surface area contributed by atoms with Gasteiger partial charge in [-0.25, -0.2) is 4.98 Å². The van der Waals surface area contributed by atoms with E-state index < -0.39 is 0 Å². The first-order valence-corrected chi connectivity index (χ1v) is 12.3. The summed E-state index contributed by atoms with van der Waals surface area (Å²) in [5.74, 6) is 1.71. The minimum atomic E-state index is -0.0491. The zero-order valence-corrected chi connectivity index (χ0v) is 19.7. The smallest absolute Gasteiger partial charge is 0.236 e. The summed E-state index contributed by atoms with van der Waals surface area (Å²) < 4.78 is 11.8. The first kappa shape index (κ1) is 23.9. The molecule has 8 heteroatoms. The van der Waals surface area contributed by atoms with E-state index in [-0.39, 0.29) is 12.0 Å². The summed E-state index contributed by atoms with van der Waals surface area (Å²) in [5.41, 5.74) is 2.15. The summed E-state index contributed by atoms with van der Waals surface area (Å²) in [6.07, 6.45) is 10.7. The van der Waals surface area contributed by atoms with Crippen LogP contribution in [-0.2, 0) is 33.8 Å². The zero-order valence-electron chi connectivity index (χ0n) is 19.7. The third kappa shape index (κ3) is 7.35. The molecule has 180 valence electrons. The fraction of sp³-hybridized carbons (Fsp3) is 0.640. The second-order valence-corrected chi connectivity index (χ2v) is 9.27. The number of amides is 1. The Morgan fingerprint density at radius 3 is 2.82 bits per heavy atom. The predicted octanol–water partition coefficient (Wildman–Crippen LogP) is 2.80. The molecule has 4 heterocycles. The number of nitrogens with zero attached hydrogens (tertiary/aromatic N) is 4. The van der Waals surface area contributed by atoms with Crippen LogP contribution in [0.4, 0.5) is 0 Å². The SMILES string of the molecule is CCCCc1ncc(CN2CC(=O)N(CC3CCOCC3)C[C@H](OCc3ccncc3)C2)[nH]1. The van der Waals surface area contributed by atoms with Crippen molar-refractivity contribution < 1.29 is 14.3 Å². The van der Waals surface area contributed by atoms with Gasteiger partial charge in [-0.3, -0.25) is 14.7 Å². The van der Waals surface area contributed by atoms with Crippen molar-refractivity contribution >= 4 is 5.91 Å². The van der Waals surface area contributed by atoms with Crippen LogP contribution >= 0.6 is 0 Å². The Kier molecular flexibility index (Phi) is 8.86. The molecule has 4 rings (SSSR count). The van der Waals surface area contributed by atoms with Gasteiger partial charge in [-0.1, -0.05) is 13.3 Å². The average Bonchev–Trinajstić information content (AvgIpc) is 3.23. The van der Waals surface area contributed by atoms with Crippen LogP contribution in [-0.4, -0.2) is 76.2 Å². The largest absolute Gasteiger partial charge is 0.381 e. The standard InChI is InChI=1S/C25H37N5O3/c1-2-3-4-24-27-13-22(28-24)15-29-16-23(33-19-21-5-9-26-10-6-21)17-30(25(31)18-29)14-20-7-11-32-12-8-20/h5-6,9-10,13,20,23H,2-4,7-8,11-12,14-19H2,1H3,(H,27,28)/t23-/m1/s1. The van der Waals surface area contributed by atoms with Crippen LogP contribution in [0, 0.1) is 5.92 Å². The summed E-state index contributed by atoms with van der Waals surface area (Å²) >= 11 is 0. The maximum absolute atomic E-state index is 13.2. The molecular weight excluding hydrogens is 418 g/mol. The van der Waals surface area contributed by atoms with Gasteiger partial charge in [0, 0.05) is 70.1 Å². The van der Waals surface area contributed by atoms with Gasteiger partial charge in [0.2, 0.25) is 5.91 Å². The highest BCUT2D eigenvalue weighted by atomic mass is 16.5. The highest BCUT2D eigenvalue weighted by molar-refractivity contribution is 5.78. The lowest BCUT2D eigenvalue weighted by Crippen LogP contribution is -2.42. The van der Waals surface area contributed by atoms with Crippen molar-refractivity contribution in [3.8, 4) is 0 Å². The summed E-state index contributed by atoms with van der Waals surface area (Å²) in [6.45, 7) is 7.49. The van der Waals surface area contributed by atoms with Crippen LogP contribution in [0.1, 0.15) is 49.7 Å². The van der Waals surface area contributed by atoms with Gasteiger partial charge >= 0.3 is 0 Å². The molecule has 8 nitrogen and oxygen atoms in total. The molecule has 2 aliphatic heterocycles. The lowest BCUT2D eigenvalue weighted by atomic mass is 9.99. The number of unbranched alkanes of at least 4 members (excludes halogenated alkanes) is 1. The van der Waals surface area contributed by atoms with Crippen LogP contribution in [0.3, 0.4) is 0 Å². The summed E-state index contributed by atoms with van der Waals surface area (Å²) in [4.78, 5) is 29.5. The number of rotatable bonds is 10. The van der Waals surface area contributed by atoms with Gasteiger partial charge in [0.05, 0.1) is 19.3 Å². The van der Waals surface area contributed by atoms with E-state index in [0.29, 0.717) is 38.7 Å². The molecule has 2 aliphatic rings. The predicted molar refractivity (Wildman–Crippen MR) is 125 cm³/mol. The Morgan fingerprint density at radius 2 is 2.03 bits per heavy atom. The monoisotopic (exact) mass is 455 g/mol. The minimum absolute atomic E-state index is 0.0491. The topological polar surface area (TPSA) is 83.6 Å². The van der Waals surface area contributed by atoms with E-state index in [2.05, 4.69) is 26.8 Å². The molecule has 2 saturated heterocycles. The number of hydrogen-bond donors (Lipinski definition) is 1. The van der Waals surface area contributed by atoms with Crippen molar-refractivity contribution in [2.45, 2.75) is 58.3 Å². The van der Waals surface area contributed by atoms with E-state index in [0.717, 1.165) is 68.9 Å². The molecule has 1 N–H and O–H groups in total. The van der Waals surface area contributed by atoms with Crippen LogP contribution in [0.25, 0.3) is 0 Å². The van der Waals surface area contributed by atoms with Gasteiger partial charge in [0.25, 0.3) is 0 Å². The quantitative estimate of drug-likeness (QED) is 0.593. The van der Waals surface area contributed by atoms with Gasteiger partial charge < -0.3 is 19.4 Å². The van der Waals surface area contributed by atoms with Gasteiger partial charge in [0.1, 0.15) is 5.82 Å². The Hall–Kier alpha value is -2.29. The van der Waals surface area contributed by atoms with Crippen molar-refractivity contribution in [3.63, 3.8) is 0 Å². The summed E-state index contributed by atoms with van der Waals surface area (Å²) in [5, 5.41) is 0. The van der Waals surface area contributed by atoms with Gasteiger partial charge in [-0.2, -0.15) is 0 Å². The lowest BCUT2D eigenvalue weighted by Gasteiger charge is -2.30.